The van der Waals surface area contributed by atoms with Gasteiger partial charge >= 0.3 is 0 Å². The molecule has 3 rings (SSSR count). The summed E-state index contributed by atoms with van der Waals surface area (Å²) in [4.78, 5) is 13.3. The Labute approximate surface area is 176 Å². The van der Waals surface area contributed by atoms with E-state index in [4.69, 9.17) is 21.7 Å². The van der Waals surface area contributed by atoms with E-state index in [-0.39, 0.29) is 5.91 Å². The van der Waals surface area contributed by atoms with Gasteiger partial charge in [0.2, 0.25) is 5.91 Å². The van der Waals surface area contributed by atoms with Gasteiger partial charge in [-0.3, -0.25) is 4.79 Å². The Hall–Kier alpha value is -3.06. The Bertz CT molecular complexity index is 974. The molecule has 0 spiro atoms. The first-order valence-electron chi connectivity index (χ1n) is 9.21. The minimum absolute atomic E-state index is 0.193. The zero-order valence-corrected chi connectivity index (χ0v) is 17.8. The van der Waals surface area contributed by atoms with Crippen molar-refractivity contribution < 1.29 is 14.3 Å². The largest absolute Gasteiger partial charge is 0.493 e. The van der Waals surface area contributed by atoms with Crippen LogP contribution in [-0.2, 0) is 4.79 Å². The van der Waals surface area contributed by atoms with Crippen molar-refractivity contribution in [3.8, 4) is 11.5 Å². The van der Waals surface area contributed by atoms with Crippen LogP contribution in [0.1, 0.15) is 22.7 Å². The van der Waals surface area contributed by atoms with E-state index in [0.29, 0.717) is 22.3 Å². The quantitative estimate of drug-likeness (QED) is 0.653. The van der Waals surface area contributed by atoms with Crippen molar-refractivity contribution in [3.63, 3.8) is 0 Å². The van der Waals surface area contributed by atoms with E-state index < -0.39 is 12.0 Å². The maximum Gasteiger partial charge on any atom is 0.235 e. The number of rotatable bonds is 5. The zero-order chi connectivity index (χ0) is 21.1. The van der Waals surface area contributed by atoms with Crippen LogP contribution in [0, 0.1) is 19.8 Å². The molecule has 6 nitrogen and oxygen atoms in total. The second-order valence-electron chi connectivity index (χ2n) is 6.90. The van der Waals surface area contributed by atoms with Gasteiger partial charge in [0, 0.05) is 16.9 Å². The molecule has 2 aromatic carbocycles. The molecule has 1 aliphatic rings. The molecule has 0 aliphatic carbocycles. The molecule has 2 aromatic rings. The molecule has 0 saturated carbocycles. The van der Waals surface area contributed by atoms with Gasteiger partial charge in [-0.15, -0.1) is 0 Å². The summed E-state index contributed by atoms with van der Waals surface area (Å²) >= 11 is 5.32. The standard InChI is InChI=1S/C22H25N3O3S/c1-12-8-6-10-16(13(12)2)24-21(26)18-14(3)23-22(29)25-19(18)15-9-7-11-17(27-4)20(15)28-5/h6-11,18-19H,3H2,1-2,4-5H3,(H,24,26)(H2,23,25,29)/t18-,19+/m1/s1. The van der Waals surface area contributed by atoms with Crippen LogP contribution in [-0.4, -0.2) is 25.2 Å². The molecule has 3 N–H and O–H groups in total. The first-order chi connectivity index (χ1) is 13.9. The highest BCUT2D eigenvalue weighted by atomic mass is 32.1. The molecular formula is C22H25N3O3S. The number of para-hydroxylation sites is 1. The first-order valence-corrected chi connectivity index (χ1v) is 9.62. The zero-order valence-electron chi connectivity index (χ0n) is 17.0. The average Bonchev–Trinajstić information content (AvgIpc) is 2.69. The smallest absolute Gasteiger partial charge is 0.235 e. The number of nitrogens with one attached hydrogen (secondary N) is 3. The normalized spacial score (nSPS) is 18.5. The van der Waals surface area contributed by atoms with Gasteiger partial charge in [0.1, 0.15) is 5.92 Å². The van der Waals surface area contributed by atoms with Crippen molar-refractivity contribution in [2.75, 3.05) is 19.5 Å². The van der Waals surface area contributed by atoms with Crippen molar-refractivity contribution in [1.29, 1.82) is 0 Å². The number of benzene rings is 2. The number of aryl methyl sites for hydroxylation is 1. The Morgan fingerprint density at radius 2 is 1.86 bits per heavy atom. The lowest BCUT2D eigenvalue weighted by molar-refractivity contribution is -0.119. The van der Waals surface area contributed by atoms with E-state index in [1.165, 1.54) is 0 Å². The van der Waals surface area contributed by atoms with Gasteiger partial charge in [0.25, 0.3) is 0 Å². The molecule has 0 unspecified atom stereocenters. The van der Waals surface area contributed by atoms with Crippen LogP contribution in [0.2, 0.25) is 0 Å². The summed E-state index contributed by atoms with van der Waals surface area (Å²) in [6.45, 7) is 8.04. The van der Waals surface area contributed by atoms with Gasteiger partial charge in [-0.25, -0.2) is 0 Å². The molecule has 1 amide bonds. The monoisotopic (exact) mass is 411 g/mol. The van der Waals surface area contributed by atoms with Crippen molar-refractivity contribution >= 4 is 28.9 Å². The Morgan fingerprint density at radius 1 is 1.14 bits per heavy atom. The van der Waals surface area contributed by atoms with Crippen molar-refractivity contribution in [2.45, 2.75) is 19.9 Å². The summed E-state index contributed by atoms with van der Waals surface area (Å²) in [5.41, 5.74) is 4.18. The van der Waals surface area contributed by atoms with Crippen molar-refractivity contribution in [3.05, 3.63) is 65.4 Å². The predicted octanol–water partition coefficient (Wildman–Crippen LogP) is 3.61. The van der Waals surface area contributed by atoms with Gasteiger partial charge in [-0.1, -0.05) is 30.8 Å². The minimum atomic E-state index is -0.623. The molecule has 1 aliphatic heterocycles. The van der Waals surface area contributed by atoms with Crippen LogP contribution < -0.4 is 25.4 Å². The molecular weight excluding hydrogens is 386 g/mol. The van der Waals surface area contributed by atoms with Gasteiger partial charge in [-0.2, -0.15) is 0 Å². The molecule has 152 valence electrons. The van der Waals surface area contributed by atoms with E-state index >= 15 is 0 Å². The van der Waals surface area contributed by atoms with E-state index in [1.807, 2.05) is 50.2 Å². The number of methoxy groups -OCH3 is 2. The number of hydrogen-bond acceptors (Lipinski definition) is 4. The summed E-state index contributed by atoms with van der Waals surface area (Å²) in [7, 11) is 3.15. The first kappa shape index (κ1) is 20.7. The van der Waals surface area contributed by atoms with Gasteiger partial charge in [-0.05, 0) is 49.3 Å². The number of thiocarbonyl (C=S) groups is 1. The minimum Gasteiger partial charge on any atom is -0.493 e. The van der Waals surface area contributed by atoms with E-state index in [1.54, 1.807) is 14.2 Å². The lowest BCUT2D eigenvalue weighted by Gasteiger charge is -2.36. The van der Waals surface area contributed by atoms with Gasteiger partial charge in [0.05, 0.1) is 20.3 Å². The van der Waals surface area contributed by atoms with Crippen LogP contribution in [0.4, 0.5) is 5.69 Å². The maximum absolute atomic E-state index is 13.3. The fourth-order valence-corrected chi connectivity index (χ4v) is 3.76. The van der Waals surface area contributed by atoms with Crippen LogP contribution in [0.5, 0.6) is 11.5 Å². The number of carbonyl (C=O) groups excluding carboxylic acids is 1. The summed E-state index contributed by atoms with van der Waals surface area (Å²) in [5, 5.41) is 9.62. The maximum atomic E-state index is 13.3. The second kappa shape index (κ2) is 8.53. The Balaban J connectivity index is 2.01. The fourth-order valence-electron chi connectivity index (χ4n) is 3.51. The number of amides is 1. The summed E-state index contributed by atoms with van der Waals surface area (Å²) < 4.78 is 11.0. The molecule has 2 atom stereocenters. The molecule has 1 fully saturated rings. The van der Waals surface area contributed by atoms with E-state index in [2.05, 4.69) is 22.5 Å². The second-order valence-corrected chi connectivity index (χ2v) is 7.31. The molecule has 0 aromatic heterocycles. The molecule has 1 heterocycles. The summed E-state index contributed by atoms with van der Waals surface area (Å²) in [6, 6.07) is 10.9. The van der Waals surface area contributed by atoms with Crippen molar-refractivity contribution in [1.82, 2.24) is 10.6 Å². The highest BCUT2D eigenvalue weighted by molar-refractivity contribution is 7.80. The SMILES string of the molecule is C=C1NC(=S)N[C@@H](c2cccc(OC)c2OC)[C@@H]1C(=O)Nc1cccc(C)c1C. The average molecular weight is 412 g/mol. The molecule has 0 bridgehead atoms. The molecule has 0 radical (unpaired) electrons. The third-order valence-electron chi connectivity index (χ3n) is 5.18. The van der Waals surface area contributed by atoms with Gasteiger partial charge in [0.15, 0.2) is 16.6 Å². The lowest BCUT2D eigenvalue weighted by atomic mass is 9.87. The third kappa shape index (κ3) is 4.05. The number of ether oxygens (including phenoxy) is 2. The number of hydrogen-bond donors (Lipinski definition) is 3. The Morgan fingerprint density at radius 3 is 2.55 bits per heavy atom. The number of carbonyl (C=O) groups is 1. The summed E-state index contributed by atoms with van der Waals surface area (Å²) in [6.07, 6.45) is 0. The molecule has 29 heavy (non-hydrogen) atoms. The highest BCUT2D eigenvalue weighted by Gasteiger charge is 2.38. The van der Waals surface area contributed by atoms with Crippen LogP contribution in [0.15, 0.2) is 48.7 Å². The van der Waals surface area contributed by atoms with E-state index in [0.717, 1.165) is 22.4 Å². The van der Waals surface area contributed by atoms with Crippen molar-refractivity contribution in [2.24, 2.45) is 5.92 Å². The van der Waals surface area contributed by atoms with Crippen LogP contribution >= 0.6 is 12.2 Å². The number of anilines is 1. The predicted molar refractivity (Wildman–Crippen MR) is 118 cm³/mol. The van der Waals surface area contributed by atoms with Crippen LogP contribution in [0.25, 0.3) is 0 Å². The van der Waals surface area contributed by atoms with Gasteiger partial charge < -0.3 is 25.4 Å². The molecule has 7 heteroatoms. The Kier molecular flexibility index (Phi) is 6.08. The third-order valence-corrected chi connectivity index (χ3v) is 5.40. The van der Waals surface area contributed by atoms with Crippen LogP contribution in [0.3, 0.4) is 0 Å². The lowest BCUT2D eigenvalue weighted by Crippen LogP contribution is -2.51. The topological polar surface area (TPSA) is 71.6 Å². The highest BCUT2D eigenvalue weighted by Crippen LogP contribution is 2.40. The molecule has 1 saturated heterocycles. The van der Waals surface area contributed by atoms with E-state index in [9.17, 15) is 4.79 Å². The summed E-state index contributed by atoms with van der Waals surface area (Å²) in [5.74, 6) is 0.314. The fraction of sp³-hybridized carbons (Fsp3) is 0.273.